The molecule has 0 aliphatic carbocycles. The Bertz CT molecular complexity index is 812. The Morgan fingerprint density at radius 3 is 2.55 bits per heavy atom. The zero-order chi connectivity index (χ0) is 20.4. The van der Waals surface area contributed by atoms with Crippen molar-refractivity contribution in [2.75, 3.05) is 37.6 Å². The number of nitrogens with zero attached hydrogens (tertiary/aromatic N) is 5. The highest BCUT2D eigenvalue weighted by molar-refractivity contribution is 7.09. The number of rotatable bonds is 5. The molecule has 2 aromatic rings. The first-order chi connectivity index (χ1) is 14.0. The Hall–Kier alpha value is -1.83. The molecule has 2 aliphatic rings. The van der Waals surface area contributed by atoms with E-state index in [0.29, 0.717) is 5.92 Å². The maximum atomic E-state index is 13.8. The minimum atomic E-state index is -0.396. The first-order valence-electron chi connectivity index (χ1n) is 10.6. The molecule has 7 heteroatoms. The van der Waals surface area contributed by atoms with Crippen molar-refractivity contribution >= 4 is 22.9 Å². The van der Waals surface area contributed by atoms with Crippen molar-refractivity contribution in [3.63, 3.8) is 0 Å². The van der Waals surface area contributed by atoms with Gasteiger partial charge in [-0.1, -0.05) is 13.8 Å². The number of anilines is 1. The average Bonchev–Trinajstić information content (AvgIpc) is 3.21. The third-order valence-electron chi connectivity index (χ3n) is 6.16. The summed E-state index contributed by atoms with van der Waals surface area (Å²) >= 11 is 1.71. The third kappa shape index (κ3) is 4.22. The van der Waals surface area contributed by atoms with E-state index >= 15 is 0 Å². The van der Waals surface area contributed by atoms with E-state index in [2.05, 4.69) is 33.6 Å². The largest absolute Gasteiger partial charge is 0.308 e. The fraction of sp³-hybridized carbons (Fsp3) is 0.591. The molecule has 0 saturated carbocycles. The number of pyridine rings is 1. The third-order valence-corrected chi connectivity index (χ3v) is 6.92. The minimum Gasteiger partial charge on any atom is -0.308 e. The molecule has 156 valence electrons. The summed E-state index contributed by atoms with van der Waals surface area (Å²) < 4.78 is 0. The molecule has 2 saturated heterocycles. The van der Waals surface area contributed by atoms with E-state index in [4.69, 9.17) is 0 Å². The number of amides is 1. The molecule has 4 heterocycles. The number of hydrogen-bond acceptors (Lipinski definition) is 6. The van der Waals surface area contributed by atoms with Crippen LogP contribution in [0.15, 0.2) is 29.9 Å². The highest BCUT2D eigenvalue weighted by atomic mass is 32.1. The van der Waals surface area contributed by atoms with Gasteiger partial charge in [0.05, 0.1) is 18.4 Å². The van der Waals surface area contributed by atoms with Crippen molar-refractivity contribution in [2.45, 2.75) is 45.7 Å². The first kappa shape index (κ1) is 20.4. The molecular weight excluding hydrogens is 382 g/mol. The lowest BCUT2D eigenvalue weighted by molar-refractivity contribution is -0.138. The lowest BCUT2D eigenvalue weighted by Gasteiger charge is -2.53. The van der Waals surface area contributed by atoms with Gasteiger partial charge >= 0.3 is 0 Å². The van der Waals surface area contributed by atoms with Crippen molar-refractivity contribution in [3.05, 3.63) is 40.6 Å². The van der Waals surface area contributed by atoms with Crippen molar-refractivity contribution in [1.82, 2.24) is 19.8 Å². The van der Waals surface area contributed by atoms with E-state index in [1.54, 1.807) is 11.3 Å². The van der Waals surface area contributed by atoms with Gasteiger partial charge < -0.3 is 4.90 Å². The van der Waals surface area contributed by atoms with Crippen LogP contribution in [0.2, 0.25) is 0 Å². The van der Waals surface area contributed by atoms with Gasteiger partial charge in [0.2, 0.25) is 5.91 Å². The van der Waals surface area contributed by atoms with Crippen LogP contribution in [-0.4, -0.2) is 63.9 Å². The number of aromatic nitrogens is 2. The number of carbonyl (C=O) groups is 1. The highest BCUT2D eigenvalue weighted by Crippen LogP contribution is 2.36. The SMILES string of the molecule is Cc1ccc(N2CCN(CC(C)C)C3(CCN(Cc4nccs4)CC3)C2=O)cn1. The predicted octanol–water partition coefficient (Wildman–Crippen LogP) is 3.19. The Balaban J connectivity index is 1.54. The van der Waals surface area contributed by atoms with Crippen LogP contribution in [0.1, 0.15) is 37.4 Å². The number of thiazole rings is 1. The summed E-state index contributed by atoms with van der Waals surface area (Å²) in [7, 11) is 0. The molecule has 2 aromatic heterocycles. The molecule has 1 amide bonds. The lowest BCUT2D eigenvalue weighted by atomic mass is 9.81. The maximum Gasteiger partial charge on any atom is 0.247 e. The van der Waals surface area contributed by atoms with E-state index in [9.17, 15) is 4.79 Å². The molecule has 0 radical (unpaired) electrons. The smallest absolute Gasteiger partial charge is 0.247 e. The molecule has 1 spiro atoms. The van der Waals surface area contributed by atoms with Crippen molar-refractivity contribution < 1.29 is 4.79 Å². The van der Waals surface area contributed by atoms with E-state index in [1.165, 1.54) is 0 Å². The van der Waals surface area contributed by atoms with E-state index in [0.717, 1.165) is 68.5 Å². The molecule has 6 nitrogen and oxygen atoms in total. The van der Waals surface area contributed by atoms with Gasteiger partial charge in [-0.2, -0.15) is 0 Å². The summed E-state index contributed by atoms with van der Waals surface area (Å²) in [6.07, 6.45) is 5.46. The quantitative estimate of drug-likeness (QED) is 0.754. The van der Waals surface area contributed by atoms with E-state index in [-0.39, 0.29) is 5.91 Å². The second kappa shape index (κ2) is 8.50. The molecular formula is C22H31N5OS. The number of carbonyl (C=O) groups excluding carboxylic acids is 1. The average molecular weight is 414 g/mol. The van der Waals surface area contributed by atoms with E-state index < -0.39 is 5.54 Å². The Kier molecular flexibility index (Phi) is 5.99. The number of hydrogen-bond donors (Lipinski definition) is 0. The summed E-state index contributed by atoms with van der Waals surface area (Å²) in [5.74, 6) is 0.796. The van der Waals surface area contributed by atoms with Crippen molar-refractivity contribution in [1.29, 1.82) is 0 Å². The number of likely N-dealkylation sites (tertiary alicyclic amines) is 1. The van der Waals surface area contributed by atoms with Gasteiger partial charge in [-0.25, -0.2) is 4.98 Å². The number of piperazine rings is 1. The van der Waals surface area contributed by atoms with Crippen molar-refractivity contribution in [2.24, 2.45) is 5.92 Å². The van der Waals surface area contributed by atoms with Gasteiger partial charge in [-0.3, -0.25) is 19.6 Å². The van der Waals surface area contributed by atoms with Crippen LogP contribution in [-0.2, 0) is 11.3 Å². The van der Waals surface area contributed by atoms with Crippen LogP contribution in [0.5, 0.6) is 0 Å². The summed E-state index contributed by atoms with van der Waals surface area (Å²) in [5, 5.41) is 3.19. The fourth-order valence-electron chi connectivity index (χ4n) is 4.63. The minimum absolute atomic E-state index is 0.254. The van der Waals surface area contributed by atoms with Gasteiger partial charge in [0, 0.05) is 50.0 Å². The van der Waals surface area contributed by atoms with Crippen LogP contribution < -0.4 is 4.90 Å². The van der Waals surface area contributed by atoms with Crippen LogP contribution in [0.25, 0.3) is 0 Å². The lowest BCUT2D eigenvalue weighted by Crippen LogP contribution is -2.69. The van der Waals surface area contributed by atoms with Gasteiger partial charge in [0.25, 0.3) is 0 Å². The molecule has 0 unspecified atom stereocenters. The molecule has 4 rings (SSSR count). The van der Waals surface area contributed by atoms with Gasteiger partial charge in [0.1, 0.15) is 10.5 Å². The Morgan fingerprint density at radius 1 is 1.14 bits per heavy atom. The molecule has 29 heavy (non-hydrogen) atoms. The van der Waals surface area contributed by atoms with E-state index in [1.807, 2.05) is 41.7 Å². The molecule has 0 bridgehead atoms. The van der Waals surface area contributed by atoms with Gasteiger partial charge in [-0.15, -0.1) is 11.3 Å². The molecule has 2 fully saturated rings. The maximum absolute atomic E-state index is 13.8. The summed E-state index contributed by atoms with van der Waals surface area (Å²) in [4.78, 5) is 29.6. The monoisotopic (exact) mass is 413 g/mol. The molecule has 0 aromatic carbocycles. The van der Waals surface area contributed by atoms with Gasteiger partial charge in [-0.05, 0) is 37.8 Å². The zero-order valence-electron chi connectivity index (χ0n) is 17.7. The van der Waals surface area contributed by atoms with Crippen molar-refractivity contribution in [3.8, 4) is 0 Å². The second-order valence-electron chi connectivity index (χ2n) is 8.69. The summed E-state index contributed by atoms with van der Waals surface area (Å²) in [6, 6.07) is 4.02. The van der Waals surface area contributed by atoms with Crippen LogP contribution in [0.3, 0.4) is 0 Å². The summed E-state index contributed by atoms with van der Waals surface area (Å²) in [6.45, 7) is 11.8. The molecule has 0 N–H and O–H groups in total. The predicted molar refractivity (Wildman–Crippen MR) is 117 cm³/mol. The highest BCUT2D eigenvalue weighted by Gasteiger charge is 2.51. The normalized spacial score (nSPS) is 20.7. The fourth-order valence-corrected chi connectivity index (χ4v) is 5.29. The topological polar surface area (TPSA) is 52.6 Å². The molecule has 0 atom stereocenters. The zero-order valence-corrected chi connectivity index (χ0v) is 18.5. The Labute approximate surface area is 177 Å². The summed E-state index contributed by atoms with van der Waals surface area (Å²) in [5.41, 5.74) is 1.51. The first-order valence-corrected chi connectivity index (χ1v) is 11.5. The van der Waals surface area contributed by atoms with Crippen LogP contribution >= 0.6 is 11.3 Å². The van der Waals surface area contributed by atoms with Crippen LogP contribution in [0, 0.1) is 12.8 Å². The van der Waals surface area contributed by atoms with Gasteiger partial charge in [0.15, 0.2) is 0 Å². The molecule has 2 aliphatic heterocycles. The Morgan fingerprint density at radius 2 is 1.93 bits per heavy atom. The number of aryl methyl sites for hydroxylation is 1. The van der Waals surface area contributed by atoms with Crippen LogP contribution in [0.4, 0.5) is 5.69 Å². The number of piperidine rings is 1. The standard InChI is InChI=1S/C22H31N5OS/c1-17(2)15-26-11-12-27(19-5-4-18(3)24-14-19)21(28)22(26)6-9-25(10-7-22)16-20-23-8-13-29-20/h4-5,8,13-14,17H,6-7,9-12,15-16H2,1-3H3. The second-order valence-corrected chi connectivity index (χ2v) is 9.67.